The maximum atomic E-state index is 4.75. The van der Waals surface area contributed by atoms with Crippen LogP contribution >= 0.6 is 11.3 Å². The molecule has 0 saturated carbocycles. The fourth-order valence-electron chi connectivity index (χ4n) is 2.33. The second-order valence-electron chi connectivity index (χ2n) is 4.34. The Bertz CT molecular complexity index is 560. The number of thiazole rings is 1. The number of fused-ring (bicyclic) bond motifs is 3. The Kier molecular flexibility index (Phi) is 2.99. The number of anilines is 1. The minimum absolute atomic E-state index is 0.833. The van der Waals surface area contributed by atoms with E-state index >= 15 is 0 Å². The molecule has 0 unspecified atom stereocenters. The third-order valence-electron chi connectivity index (χ3n) is 3.39. The van der Waals surface area contributed by atoms with E-state index in [2.05, 4.69) is 28.7 Å². The quantitative estimate of drug-likeness (QED) is 0.850. The molecule has 2 aromatic heterocycles. The molecule has 4 nitrogen and oxygen atoms in total. The molecular weight excluding hydrogens is 244 g/mol. The van der Waals surface area contributed by atoms with Gasteiger partial charge in [0, 0.05) is 19.3 Å². The summed E-state index contributed by atoms with van der Waals surface area (Å²) in [5.41, 5.74) is 5.45. The van der Waals surface area contributed by atoms with Gasteiger partial charge in [0.1, 0.15) is 0 Å². The molecule has 0 atom stereocenters. The van der Waals surface area contributed by atoms with Gasteiger partial charge in [0.25, 0.3) is 0 Å². The first-order valence-electron chi connectivity index (χ1n) is 6.37. The summed E-state index contributed by atoms with van der Waals surface area (Å²) in [6.07, 6.45) is 4.00. The van der Waals surface area contributed by atoms with Crippen LogP contribution in [-0.4, -0.2) is 28.0 Å². The highest BCUT2D eigenvalue weighted by atomic mass is 32.1. The molecule has 5 heteroatoms. The fourth-order valence-corrected chi connectivity index (χ4v) is 3.19. The second kappa shape index (κ2) is 4.65. The van der Waals surface area contributed by atoms with Crippen LogP contribution in [0.4, 0.5) is 5.95 Å². The lowest BCUT2D eigenvalue weighted by Gasteiger charge is -2.21. The molecular formula is C13H16N4S. The van der Waals surface area contributed by atoms with Crippen LogP contribution in [0.25, 0.3) is 10.6 Å². The zero-order valence-corrected chi connectivity index (χ0v) is 11.5. The monoisotopic (exact) mass is 260 g/mol. The van der Waals surface area contributed by atoms with E-state index in [-0.39, 0.29) is 0 Å². The summed E-state index contributed by atoms with van der Waals surface area (Å²) in [6.45, 7) is 6.13. The Morgan fingerprint density at radius 1 is 1.22 bits per heavy atom. The van der Waals surface area contributed by atoms with Crippen LogP contribution in [0.15, 0.2) is 11.7 Å². The van der Waals surface area contributed by atoms with Gasteiger partial charge in [0.15, 0.2) is 0 Å². The van der Waals surface area contributed by atoms with Gasteiger partial charge in [-0.3, -0.25) is 0 Å². The standard InChI is InChI=1S/C13H16N4S/c1-3-17(4-2)13-14-7-9-5-6-10-12(11(9)16-13)18-8-15-10/h7-8H,3-6H2,1-2H3. The molecule has 18 heavy (non-hydrogen) atoms. The Morgan fingerprint density at radius 2 is 2.06 bits per heavy atom. The summed E-state index contributed by atoms with van der Waals surface area (Å²) < 4.78 is 0. The predicted molar refractivity (Wildman–Crippen MR) is 74.1 cm³/mol. The zero-order valence-electron chi connectivity index (χ0n) is 10.7. The molecule has 1 aliphatic rings. The van der Waals surface area contributed by atoms with Crippen molar-refractivity contribution in [1.82, 2.24) is 15.0 Å². The van der Waals surface area contributed by atoms with Crippen LogP contribution < -0.4 is 4.90 Å². The van der Waals surface area contributed by atoms with Crippen LogP contribution in [-0.2, 0) is 12.8 Å². The van der Waals surface area contributed by atoms with E-state index < -0.39 is 0 Å². The van der Waals surface area contributed by atoms with Crippen molar-refractivity contribution in [1.29, 1.82) is 0 Å². The molecule has 0 spiro atoms. The zero-order chi connectivity index (χ0) is 12.5. The van der Waals surface area contributed by atoms with E-state index in [1.165, 1.54) is 16.1 Å². The first kappa shape index (κ1) is 11.6. The number of hydrogen-bond acceptors (Lipinski definition) is 5. The van der Waals surface area contributed by atoms with Gasteiger partial charge in [-0.1, -0.05) is 0 Å². The molecule has 0 radical (unpaired) electrons. The summed E-state index contributed by atoms with van der Waals surface area (Å²) >= 11 is 1.68. The van der Waals surface area contributed by atoms with Crippen molar-refractivity contribution in [3.8, 4) is 10.6 Å². The summed E-state index contributed by atoms with van der Waals surface area (Å²) in [4.78, 5) is 17.1. The molecule has 3 rings (SSSR count). The Hall–Kier alpha value is -1.49. The Morgan fingerprint density at radius 3 is 2.83 bits per heavy atom. The first-order chi connectivity index (χ1) is 8.83. The van der Waals surface area contributed by atoms with E-state index in [4.69, 9.17) is 4.98 Å². The van der Waals surface area contributed by atoms with Crippen LogP contribution in [0.1, 0.15) is 25.1 Å². The average molecular weight is 260 g/mol. The van der Waals surface area contributed by atoms with Crippen molar-refractivity contribution in [3.63, 3.8) is 0 Å². The predicted octanol–water partition coefficient (Wildman–Crippen LogP) is 2.54. The second-order valence-corrected chi connectivity index (χ2v) is 5.20. The Balaban J connectivity index is 2.08. The maximum Gasteiger partial charge on any atom is 0.225 e. The number of rotatable bonds is 3. The number of nitrogens with zero attached hydrogens (tertiary/aromatic N) is 4. The van der Waals surface area contributed by atoms with Crippen molar-refractivity contribution in [3.05, 3.63) is 23.0 Å². The molecule has 0 N–H and O–H groups in total. The molecule has 2 heterocycles. The third kappa shape index (κ3) is 1.79. The number of aryl methyl sites for hydroxylation is 2. The number of aromatic nitrogens is 3. The lowest BCUT2D eigenvalue weighted by molar-refractivity contribution is 0.809. The molecule has 0 amide bonds. The minimum Gasteiger partial charge on any atom is -0.341 e. The topological polar surface area (TPSA) is 41.9 Å². The molecule has 1 aliphatic carbocycles. The highest BCUT2D eigenvalue weighted by molar-refractivity contribution is 7.13. The summed E-state index contributed by atoms with van der Waals surface area (Å²) in [6, 6.07) is 0. The van der Waals surface area contributed by atoms with E-state index in [1.54, 1.807) is 11.3 Å². The molecule has 0 saturated heterocycles. The lowest BCUT2D eigenvalue weighted by atomic mass is 10.00. The van der Waals surface area contributed by atoms with Gasteiger partial charge >= 0.3 is 0 Å². The van der Waals surface area contributed by atoms with Crippen LogP contribution in [0.3, 0.4) is 0 Å². The van der Waals surface area contributed by atoms with Crippen LogP contribution in [0.2, 0.25) is 0 Å². The normalized spacial score (nSPS) is 13.0. The molecule has 94 valence electrons. The summed E-state index contributed by atoms with van der Waals surface area (Å²) in [7, 11) is 0. The van der Waals surface area contributed by atoms with E-state index in [0.717, 1.165) is 37.6 Å². The van der Waals surface area contributed by atoms with Gasteiger partial charge < -0.3 is 4.90 Å². The first-order valence-corrected chi connectivity index (χ1v) is 7.25. The van der Waals surface area contributed by atoms with E-state index in [1.807, 2.05) is 11.7 Å². The van der Waals surface area contributed by atoms with Gasteiger partial charge in [0.2, 0.25) is 5.95 Å². The number of hydrogen-bond donors (Lipinski definition) is 0. The van der Waals surface area contributed by atoms with Crippen molar-refractivity contribution < 1.29 is 0 Å². The largest absolute Gasteiger partial charge is 0.341 e. The van der Waals surface area contributed by atoms with Crippen LogP contribution in [0, 0.1) is 0 Å². The smallest absolute Gasteiger partial charge is 0.225 e. The molecule has 0 aliphatic heterocycles. The molecule has 2 aromatic rings. The average Bonchev–Trinajstić information content (AvgIpc) is 2.88. The van der Waals surface area contributed by atoms with Crippen molar-refractivity contribution in [2.75, 3.05) is 18.0 Å². The van der Waals surface area contributed by atoms with Gasteiger partial charge in [-0.2, -0.15) is 0 Å². The highest BCUT2D eigenvalue weighted by Gasteiger charge is 2.21. The van der Waals surface area contributed by atoms with Crippen molar-refractivity contribution in [2.45, 2.75) is 26.7 Å². The van der Waals surface area contributed by atoms with Crippen LogP contribution in [0.5, 0.6) is 0 Å². The molecule has 0 bridgehead atoms. The van der Waals surface area contributed by atoms with E-state index in [0.29, 0.717) is 0 Å². The van der Waals surface area contributed by atoms with Gasteiger partial charge in [-0.15, -0.1) is 11.3 Å². The van der Waals surface area contributed by atoms with Crippen molar-refractivity contribution in [2.24, 2.45) is 0 Å². The minimum atomic E-state index is 0.833. The molecule has 0 aromatic carbocycles. The molecule has 0 fully saturated rings. The maximum absolute atomic E-state index is 4.75. The lowest BCUT2D eigenvalue weighted by Crippen LogP contribution is -2.24. The fraction of sp³-hybridized carbons (Fsp3) is 0.462. The summed E-state index contributed by atoms with van der Waals surface area (Å²) in [5.74, 6) is 0.833. The van der Waals surface area contributed by atoms with Gasteiger partial charge in [-0.05, 0) is 32.3 Å². The van der Waals surface area contributed by atoms with E-state index in [9.17, 15) is 0 Å². The Labute approximate surface area is 111 Å². The van der Waals surface area contributed by atoms with Gasteiger partial charge in [0.05, 0.1) is 21.8 Å². The third-order valence-corrected chi connectivity index (χ3v) is 4.26. The van der Waals surface area contributed by atoms with Gasteiger partial charge in [-0.25, -0.2) is 15.0 Å². The van der Waals surface area contributed by atoms with Crippen molar-refractivity contribution >= 4 is 17.3 Å². The highest BCUT2D eigenvalue weighted by Crippen LogP contribution is 2.34. The SMILES string of the molecule is CCN(CC)c1ncc2c(n1)-c1scnc1CC2. The summed E-state index contributed by atoms with van der Waals surface area (Å²) in [5, 5.41) is 0.